The van der Waals surface area contributed by atoms with Gasteiger partial charge in [0.05, 0.1) is 16.8 Å². The summed E-state index contributed by atoms with van der Waals surface area (Å²) in [5, 5.41) is 9.33. The number of carbonyl (C=O) groups is 1. The van der Waals surface area contributed by atoms with Gasteiger partial charge in [-0.1, -0.05) is 23.2 Å². The van der Waals surface area contributed by atoms with Crippen molar-refractivity contribution in [3.63, 3.8) is 0 Å². The van der Waals surface area contributed by atoms with Crippen molar-refractivity contribution in [3.05, 3.63) is 57.3 Å². The molecule has 0 saturated carbocycles. The highest BCUT2D eigenvalue weighted by Gasteiger charge is 2.20. The Morgan fingerprint density at radius 3 is 2.79 bits per heavy atom. The molecule has 0 aromatic carbocycles. The number of Topliss-reactive ketones (excluding diaryl/α,β-unsaturated/α-hetero) is 1. The van der Waals surface area contributed by atoms with E-state index in [9.17, 15) is 4.79 Å². The molecule has 0 aliphatic carbocycles. The molecule has 4 aromatic rings. The summed E-state index contributed by atoms with van der Waals surface area (Å²) in [5.41, 5.74) is 3.42. The standard InChI is InChI=1S/C19H18Cl2N6O2/c1-10(29-3)18-13(8-22-17-7-16(21)25-27(17)18)6-14(28)4-12-5-15(20)19-23-11(2)24-26(19)9-12/h5,7-10H,4,6H2,1-3H3/t10-/m0/s1. The fraction of sp³-hybridized carbons (Fsp3) is 0.316. The highest BCUT2D eigenvalue weighted by atomic mass is 35.5. The molecule has 0 spiro atoms. The van der Waals surface area contributed by atoms with E-state index in [1.807, 2.05) is 6.92 Å². The zero-order valence-corrected chi connectivity index (χ0v) is 17.6. The van der Waals surface area contributed by atoms with Crippen molar-refractivity contribution in [3.8, 4) is 0 Å². The van der Waals surface area contributed by atoms with Gasteiger partial charge in [0.1, 0.15) is 11.6 Å². The molecule has 0 unspecified atom stereocenters. The quantitative estimate of drug-likeness (QED) is 0.463. The monoisotopic (exact) mass is 432 g/mol. The summed E-state index contributed by atoms with van der Waals surface area (Å²) in [4.78, 5) is 21.5. The summed E-state index contributed by atoms with van der Waals surface area (Å²) in [7, 11) is 1.60. The molecule has 29 heavy (non-hydrogen) atoms. The lowest BCUT2D eigenvalue weighted by Crippen LogP contribution is -2.15. The molecule has 4 aromatic heterocycles. The Balaban J connectivity index is 1.64. The third-order valence-electron chi connectivity index (χ3n) is 4.65. The average molecular weight is 433 g/mol. The second kappa shape index (κ2) is 7.70. The Hall–Kier alpha value is -2.55. The first-order chi connectivity index (χ1) is 13.9. The van der Waals surface area contributed by atoms with E-state index < -0.39 is 0 Å². The van der Waals surface area contributed by atoms with Gasteiger partial charge in [-0.3, -0.25) is 4.79 Å². The van der Waals surface area contributed by atoms with Crippen LogP contribution in [0, 0.1) is 6.92 Å². The normalized spacial score (nSPS) is 12.7. The SMILES string of the molecule is CO[C@@H](C)c1c(CC(=O)Cc2cc(Cl)c3nc(C)nn3c2)cnc2cc(Cl)nn12. The minimum Gasteiger partial charge on any atom is -0.375 e. The van der Waals surface area contributed by atoms with Gasteiger partial charge in [0.15, 0.2) is 16.4 Å². The highest BCUT2D eigenvalue weighted by molar-refractivity contribution is 6.33. The Bertz CT molecular complexity index is 1230. The van der Waals surface area contributed by atoms with Gasteiger partial charge in [-0.25, -0.2) is 19.0 Å². The van der Waals surface area contributed by atoms with Crippen LogP contribution in [-0.4, -0.2) is 42.1 Å². The van der Waals surface area contributed by atoms with E-state index in [-0.39, 0.29) is 24.7 Å². The van der Waals surface area contributed by atoms with Gasteiger partial charge in [0.2, 0.25) is 0 Å². The van der Waals surface area contributed by atoms with Gasteiger partial charge >= 0.3 is 0 Å². The number of nitrogens with zero attached hydrogens (tertiary/aromatic N) is 6. The highest BCUT2D eigenvalue weighted by Crippen LogP contribution is 2.24. The zero-order valence-electron chi connectivity index (χ0n) is 16.1. The van der Waals surface area contributed by atoms with E-state index in [4.69, 9.17) is 27.9 Å². The number of rotatable bonds is 6. The molecule has 8 nitrogen and oxygen atoms in total. The fourth-order valence-electron chi connectivity index (χ4n) is 3.34. The predicted molar refractivity (Wildman–Crippen MR) is 109 cm³/mol. The van der Waals surface area contributed by atoms with Crippen LogP contribution >= 0.6 is 23.2 Å². The lowest BCUT2D eigenvalue weighted by molar-refractivity contribution is -0.117. The van der Waals surface area contributed by atoms with E-state index in [0.29, 0.717) is 27.3 Å². The van der Waals surface area contributed by atoms with Crippen molar-refractivity contribution in [1.29, 1.82) is 0 Å². The van der Waals surface area contributed by atoms with Crippen LogP contribution in [0.5, 0.6) is 0 Å². The van der Waals surface area contributed by atoms with Crippen LogP contribution in [0.25, 0.3) is 11.3 Å². The number of aryl methyl sites for hydroxylation is 1. The number of ketones is 1. The minimum atomic E-state index is -0.289. The van der Waals surface area contributed by atoms with Crippen molar-refractivity contribution in [2.75, 3.05) is 7.11 Å². The first kappa shape index (κ1) is 19.8. The molecule has 150 valence electrons. The Kier molecular flexibility index (Phi) is 5.24. The maximum atomic E-state index is 12.8. The molecule has 0 bridgehead atoms. The summed E-state index contributed by atoms with van der Waals surface area (Å²) in [5.74, 6) is 0.618. The minimum absolute atomic E-state index is 0.00112. The summed E-state index contributed by atoms with van der Waals surface area (Å²) in [6, 6.07) is 3.41. The van der Waals surface area contributed by atoms with Crippen molar-refractivity contribution in [2.45, 2.75) is 32.8 Å². The van der Waals surface area contributed by atoms with Crippen LogP contribution < -0.4 is 0 Å². The fourth-order valence-corrected chi connectivity index (χ4v) is 3.79. The van der Waals surface area contributed by atoms with Crippen molar-refractivity contribution < 1.29 is 9.53 Å². The van der Waals surface area contributed by atoms with Gasteiger partial charge in [0.25, 0.3) is 0 Å². The summed E-state index contributed by atoms with van der Waals surface area (Å²) >= 11 is 12.3. The molecule has 0 aliphatic heterocycles. The smallest absolute Gasteiger partial charge is 0.174 e. The van der Waals surface area contributed by atoms with Gasteiger partial charge < -0.3 is 4.74 Å². The van der Waals surface area contributed by atoms with Crippen LogP contribution in [0.2, 0.25) is 10.2 Å². The van der Waals surface area contributed by atoms with Crippen LogP contribution in [0.1, 0.15) is 35.7 Å². The Morgan fingerprint density at radius 1 is 1.24 bits per heavy atom. The summed E-state index contributed by atoms with van der Waals surface area (Å²) < 4.78 is 8.70. The van der Waals surface area contributed by atoms with E-state index in [1.165, 1.54) is 0 Å². The lowest BCUT2D eigenvalue weighted by Gasteiger charge is -2.16. The summed E-state index contributed by atoms with van der Waals surface area (Å²) in [6.07, 6.45) is 3.53. The number of pyridine rings is 1. The molecule has 0 radical (unpaired) electrons. The van der Waals surface area contributed by atoms with Crippen LogP contribution in [0.15, 0.2) is 24.5 Å². The number of methoxy groups -OCH3 is 1. The van der Waals surface area contributed by atoms with E-state index >= 15 is 0 Å². The molecule has 4 heterocycles. The van der Waals surface area contributed by atoms with Crippen molar-refractivity contribution >= 4 is 40.3 Å². The average Bonchev–Trinajstić information content (AvgIpc) is 3.22. The van der Waals surface area contributed by atoms with Crippen molar-refractivity contribution in [2.24, 2.45) is 0 Å². The number of fused-ring (bicyclic) bond motifs is 2. The number of aromatic nitrogens is 6. The Labute approximate surface area is 176 Å². The number of carbonyl (C=O) groups excluding carboxylic acids is 1. The van der Waals surface area contributed by atoms with Gasteiger partial charge in [-0.05, 0) is 25.5 Å². The molecule has 10 heteroatoms. The predicted octanol–water partition coefficient (Wildman–Crippen LogP) is 3.45. The van der Waals surface area contributed by atoms with Crippen LogP contribution in [0.4, 0.5) is 0 Å². The third-order valence-corrected chi connectivity index (χ3v) is 5.11. The molecule has 0 saturated heterocycles. The lowest BCUT2D eigenvalue weighted by atomic mass is 10.0. The molecular formula is C19H18Cl2N6O2. The largest absolute Gasteiger partial charge is 0.375 e. The van der Waals surface area contributed by atoms with E-state index in [2.05, 4.69) is 20.2 Å². The molecule has 0 N–H and O–H groups in total. The van der Waals surface area contributed by atoms with Gasteiger partial charge in [-0.15, -0.1) is 0 Å². The van der Waals surface area contributed by atoms with Crippen molar-refractivity contribution in [1.82, 2.24) is 29.2 Å². The molecule has 0 amide bonds. The maximum Gasteiger partial charge on any atom is 0.174 e. The zero-order chi connectivity index (χ0) is 20.7. The molecule has 1 atom stereocenters. The van der Waals surface area contributed by atoms with Crippen LogP contribution in [-0.2, 0) is 22.4 Å². The molecule has 4 rings (SSSR count). The second-order valence-electron chi connectivity index (χ2n) is 6.80. The molecule has 0 aliphatic rings. The molecule has 0 fully saturated rings. The number of ether oxygens (including phenoxy) is 1. The number of hydrogen-bond donors (Lipinski definition) is 0. The third kappa shape index (κ3) is 3.83. The summed E-state index contributed by atoms with van der Waals surface area (Å²) in [6.45, 7) is 3.68. The first-order valence-electron chi connectivity index (χ1n) is 8.94. The maximum absolute atomic E-state index is 12.8. The van der Waals surface area contributed by atoms with E-state index in [1.54, 1.807) is 47.6 Å². The van der Waals surface area contributed by atoms with Gasteiger partial charge in [-0.2, -0.15) is 10.2 Å². The Morgan fingerprint density at radius 2 is 2.03 bits per heavy atom. The number of halogens is 2. The van der Waals surface area contributed by atoms with Gasteiger partial charge in [0, 0.05) is 44.0 Å². The van der Waals surface area contributed by atoms with E-state index in [0.717, 1.165) is 16.8 Å². The van der Waals surface area contributed by atoms with Crippen LogP contribution in [0.3, 0.4) is 0 Å². The number of hydrogen-bond acceptors (Lipinski definition) is 6. The molecular weight excluding hydrogens is 415 g/mol. The second-order valence-corrected chi connectivity index (χ2v) is 7.59. The first-order valence-corrected chi connectivity index (χ1v) is 9.70. The topological polar surface area (TPSA) is 86.7 Å².